The number of aliphatic hydroxyl groups excluding tert-OH is 1. The van der Waals surface area contributed by atoms with Crippen molar-refractivity contribution < 1.29 is 19.4 Å². The SMILES string of the molecule is O=C(NC1CCCC1)C1=C[C@H](c2ccc(Cl)cc2)C[C@H](OCc2ccc(CO)cc2)O1. The van der Waals surface area contributed by atoms with Gasteiger partial charge in [-0.1, -0.05) is 60.8 Å². The molecule has 0 unspecified atom stereocenters. The Hall–Kier alpha value is -2.34. The molecule has 1 saturated carbocycles. The van der Waals surface area contributed by atoms with Crippen LogP contribution in [0.2, 0.25) is 5.02 Å². The molecule has 4 rings (SSSR count). The first-order chi connectivity index (χ1) is 15.1. The predicted octanol–water partition coefficient (Wildman–Crippen LogP) is 4.82. The lowest BCUT2D eigenvalue weighted by atomic mass is 9.93. The van der Waals surface area contributed by atoms with Gasteiger partial charge in [0.1, 0.15) is 0 Å². The van der Waals surface area contributed by atoms with Crippen LogP contribution in [0, 0.1) is 0 Å². The Bertz CT molecular complexity index is 904. The number of amides is 1. The van der Waals surface area contributed by atoms with Crippen molar-refractivity contribution in [2.45, 2.75) is 63.6 Å². The fraction of sp³-hybridized carbons (Fsp3) is 0.400. The maximum absolute atomic E-state index is 12.9. The molecule has 164 valence electrons. The van der Waals surface area contributed by atoms with Crippen molar-refractivity contribution in [2.24, 2.45) is 0 Å². The molecular formula is C25H28ClNO4. The van der Waals surface area contributed by atoms with Crippen LogP contribution in [0.25, 0.3) is 0 Å². The number of nitrogens with one attached hydrogen (secondary N) is 1. The van der Waals surface area contributed by atoms with Crippen molar-refractivity contribution in [3.05, 3.63) is 82.1 Å². The van der Waals surface area contributed by atoms with E-state index in [1.807, 2.05) is 54.6 Å². The van der Waals surface area contributed by atoms with Gasteiger partial charge >= 0.3 is 0 Å². The maximum Gasteiger partial charge on any atom is 0.286 e. The molecular weight excluding hydrogens is 414 g/mol. The predicted molar refractivity (Wildman–Crippen MR) is 119 cm³/mol. The van der Waals surface area contributed by atoms with Crippen LogP contribution < -0.4 is 5.32 Å². The Kier molecular flexibility index (Phi) is 7.28. The second kappa shape index (κ2) is 10.3. The molecule has 1 aliphatic heterocycles. The van der Waals surface area contributed by atoms with Crippen LogP contribution in [-0.2, 0) is 27.5 Å². The molecule has 0 spiro atoms. The van der Waals surface area contributed by atoms with E-state index in [1.54, 1.807) is 0 Å². The van der Waals surface area contributed by atoms with Crippen molar-refractivity contribution in [3.63, 3.8) is 0 Å². The number of aliphatic hydroxyl groups is 1. The van der Waals surface area contributed by atoms with E-state index in [2.05, 4.69) is 5.32 Å². The highest BCUT2D eigenvalue weighted by Gasteiger charge is 2.30. The highest BCUT2D eigenvalue weighted by molar-refractivity contribution is 6.30. The topological polar surface area (TPSA) is 67.8 Å². The Morgan fingerprint density at radius 3 is 2.42 bits per heavy atom. The highest BCUT2D eigenvalue weighted by Crippen LogP contribution is 2.33. The van der Waals surface area contributed by atoms with E-state index < -0.39 is 6.29 Å². The number of ether oxygens (including phenoxy) is 2. The van der Waals surface area contributed by atoms with Crippen molar-refractivity contribution in [1.82, 2.24) is 5.32 Å². The van der Waals surface area contributed by atoms with Crippen molar-refractivity contribution >= 4 is 17.5 Å². The first kappa shape index (κ1) is 21.9. The van der Waals surface area contributed by atoms with E-state index in [0.717, 1.165) is 42.4 Å². The van der Waals surface area contributed by atoms with E-state index in [9.17, 15) is 9.90 Å². The van der Waals surface area contributed by atoms with Crippen LogP contribution in [0.15, 0.2) is 60.4 Å². The molecule has 0 bridgehead atoms. The zero-order valence-electron chi connectivity index (χ0n) is 17.4. The highest BCUT2D eigenvalue weighted by atomic mass is 35.5. The Balaban J connectivity index is 1.47. The summed E-state index contributed by atoms with van der Waals surface area (Å²) >= 11 is 6.05. The summed E-state index contributed by atoms with van der Waals surface area (Å²) in [6.07, 6.45) is 6.30. The number of halogens is 1. The van der Waals surface area contributed by atoms with Crippen molar-refractivity contribution in [2.75, 3.05) is 0 Å². The molecule has 2 atom stereocenters. The molecule has 0 saturated heterocycles. The Morgan fingerprint density at radius 2 is 1.74 bits per heavy atom. The van der Waals surface area contributed by atoms with Gasteiger partial charge in [0, 0.05) is 23.4 Å². The van der Waals surface area contributed by atoms with E-state index in [1.165, 1.54) is 0 Å². The number of allylic oxidation sites excluding steroid dienone is 1. The number of hydrogen-bond donors (Lipinski definition) is 2. The minimum Gasteiger partial charge on any atom is -0.459 e. The van der Waals surface area contributed by atoms with Gasteiger partial charge in [-0.25, -0.2) is 0 Å². The molecule has 5 nitrogen and oxygen atoms in total. The van der Waals surface area contributed by atoms with Gasteiger partial charge in [0.05, 0.1) is 13.2 Å². The average molecular weight is 442 g/mol. The smallest absolute Gasteiger partial charge is 0.286 e. The Labute approximate surface area is 188 Å². The number of carbonyl (C=O) groups is 1. The molecule has 2 aromatic rings. The lowest BCUT2D eigenvalue weighted by molar-refractivity contribution is -0.150. The second-order valence-electron chi connectivity index (χ2n) is 8.21. The van der Waals surface area contributed by atoms with Crippen LogP contribution in [0.1, 0.15) is 54.7 Å². The average Bonchev–Trinajstić information content (AvgIpc) is 3.31. The molecule has 1 fully saturated rings. The third-order valence-electron chi connectivity index (χ3n) is 5.91. The summed E-state index contributed by atoms with van der Waals surface area (Å²) in [6, 6.07) is 15.5. The minimum atomic E-state index is -0.535. The number of rotatable bonds is 7. The quantitative estimate of drug-likeness (QED) is 0.646. The van der Waals surface area contributed by atoms with Crippen molar-refractivity contribution in [1.29, 1.82) is 0 Å². The van der Waals surface area contributed by atoms with E-state index in [-0.39, 0.29) is 24.5 Å². The maximum atomic E-state index is 12.9. The Morgan fingerprint density at radius 1 is 1.06 bits per heavy atom. The molecule has 1 amide bonds. The normalized spacial score (nSPS) is 21.4. The van der Waals surface area contributed by atoms with Gasteiger partial charge in [-0.05, 0) is 47.7 Å². The fourth-order valence-electron chi connectivity index (χ4n) is 4.12. The van der Waals surface area contributed by atoms with E-state index >= 15 is 0 Å². The molecule has 1 heterocycles. The fourth-order valence-corrected chi connectivity index (χ4v) is 4.24. The lowest BCUT2D eigenvalue weighted by Crippen LogP contribution is -2.37. The van der Waals surface area contributed by atoms with Gasteiger partial charge in [-0.3, -0.25) is 4.79 Å². The third-order valence-corrected chi connectivity index (χ3v) is 6.16. The summed E-state index contributed by atoms with van der Waals surface area (Å²) in [5, 5.41) is 13.0. The summed E-state index contributed by atoms with van der Waals surface area (Å²) in [7, 11) is 0. The summed E-state index contributed by atoms with van der Waals surface area (Å²) in [4.78, 5) is 12.9. The summed E-state index contributed by atoms with van der Waals surface area (Å²) in [5.41, 5.74) is 2.91. The summed E-state index contributed by atoms with van der Waals surface area (Å²) in [6.45, 7) is 0.376. The van der Waals surface area contributed by atoms with E-state index in [0.29, 0.717) is 23.8 Å². The van der Waals surface area contributed by atoms with Crippen LogP contribution in [0.5, 0.6) is 0 Å². The van der Waals surface area contributed by atoms with Gasteiger partial charge < -0.3 is 19.9 Å². The van der Waals surface area contributed by atoms with Crippen LogP contribution in [0.4, 0.5) is 0 Å². The van der Waals surface area contributed by atoms with Crippen LogP contribution >= 0.6 is 11.6 Å². The number of hydrogen-bond acceptors (Lipinski definition) is 4. The second-order valence-corrected chi connectivity index (χ2v) is 8.65. The molecule has 0 aromatic heterocycles. The zero-order chi connectivity index (χ0) is 21.6. The van der Waals surface area contributed by atoms with Crippen LogP contribution in [0.3, 0.4) is 0 Å². The molecule has 2 aromatic carbocycles. The molecule has 6 heteroatoms. The summed E-state index contributed by atoms with van der Waals surface area (Å²) in [5.74, 6) is 0.141. The molecule has 31 heavy (non-hydrogen) atoms. The number of carbonyl (C=O) groups excluding carboxylic acids is 1. The molecule has 2 N–H and O–H groups in total. The lowest BCUT2D eigenvalue weighted by Gasteiger charge is -2.30. The van der Waals surface area contributed by atoms with Gasteiger partial charge in [-0.15, -0.1) is 0 Å². The zero-order valence-corrected chi connectivity index (χ0v) is 18.2. The third kappa shape index (κ3) is 5.88. The first-order valence-corrected chi connectivity index (χ1v) is 11.2. The number of benzene rings is 2. The van der Waals surface area contributed by atoms with Gasteiger partial charge in [0.15, 0.2) is 5.76 Å². The standard InChI is InChI=1S/C25H28ClNO4/c26-21-11-9-19(10-12-21)20-13-23(25(29)27-22-3-1-2-4-22)31-24(14-20)30-16-18-7-5-17(15-28)6-8-18/h5-13,20,22,24,28H,1-4,14-16H2,(H,27,29)/t20-,24+/m0/s1. The summed E-state index contributed by atoms with van der Waals surface area (Å²) < 4.78 is 12.0. The van der Waals surface area contributed by atoms with Gasteiger partial charge in [0.25, 0.3) is 5.91 Å². The van der Waals surface area contributed by atoms with Crippen molar-refractivity contribution in [3.8, 4) is 0 Å². The van der Waals surface area contributed by atoms with E-state index in [4.69, 9.17) is 21.1 Å². The molecule has 1 aliphatic carbocycles. The largest absolute Gasteiger partial charge is 0.459 e. The van der Waals surface area contributed by atoms with Gasteiger partial charge in [-0.2, -0.15) is 0 Å². The molecule has 0 radical (unpaired) electrons. The first-order valence-electron chi connectivity index (χ1n) is 10.9. The molecule has 2 aliphatic rings. The van der Waals surface area contributed by atoms with Crippen LogP contribution in [-0.4, -0.2) is 23.3 Å². The van der Waals surface area contributed by atoms with Gasteiger partial charge in [0.2, 0.25) is 6.29 Å². The monoisotopic (exact) mass is 441 g/mol. The minimum absolute atomic E-state index is 0.00268.